The lowest BCUT2D eigenvalue weighted by molar-refractivity contribution is 0.462. The maximum Gasteiger partial charge on any atom is -0.0351 e. The van der Waals surface area contributed by atoms with Crippen LogP contribution in [0.5, 0.6) is 0 Å². The minimum Gasteiger partial charge on any atom is -0.122 e. The van der Waals surface area contributed by atoms with Gasteiger partial charge < -0.3 is 0 Å². The van der Waals surface area contributed by atoms with Crippen molar-refractivity contribution < 1.29 is 0 Å². The fourth-order valence-corrected chi connectivity index (χ4v) is 2.82. The molecule has 2 unspecified atom stereocenters. The third kappa shape index (κ3) is 2.67. The van der Waals surface area contributed by atoms with Gasteiger partial charge in [0.05, 0.1) is 0 Å². The lowest BCUT2D eigenvalue weighted by Gasteiger charge is -2.08. The normalized spacial score (nSPS) is 32.3. The predicted octanol–water partition coefficient (Wildman–Crippen LogP) is 2.88. The van der Waals surface area contributed by atoms with Crippen LogP contribution in [0.2, 0.25) is 0 Å². The first kappa shape index (κ1) is 7.54. The Balaban J connectivity index is 2.18. The molecule has 54 valence electrons. The van der Waals surface area contributed by atoms with Crippen LogP contribution in [0.4, 0.5) is 0 Å². The van der Waals surface area contributed by atoms with E-state index in [9.17, 15) is 0 Å². The third-order valence-corrected chi connectivity index (χ3v) is 3.62. The lowest BCUT2D eigenvalue weighted by atomic mass is 9.98. The Labute approximate surface area is 60.2 Å². The van der Waals surface area contributed by atoms with Crippen molar-refractivity contribution in [2.24, 2.45) is 5.92 Å². The van der Waals surface area contributed by atoms with E-state index in [4.69, 9.17) is 0 Å². The summed E-state index contributed by atoms with van der Waals surface area (Å²) in [5.74, 6) is 1.08. The summed E-state index contributed by atoms with van der Waals surface area (Å²) in [6.07, 6.45) is 9.02. The van der Waals surface area contributed by atoms with Crippen molar-refractivity contribution in [3.05, 3.63) is 0 Å². The van der Waals surface area contributed by atoms with E-state index in [1.165, 1.54) is 46.6 Å². The first-order valence-corrected chi connectivity index (χ1v) is 5.55. The predicted molar refractivity (Wildman–Crippen MR) is 45.7 cm³/mol. The highest BCUT2D eigenvalue weighted by atomic mass is 31.1. The van der Waals surface area contributed by atoms with Crippen LogP contribution in [0.1, 0.15) is 32.6 Å². The summed E-state index contributed by atoms with van der Waals surface area (Å²) in [5, 5.41) is 0. The number of hydrogen-bond acceptors (Lipinski definition) is 0. The Morgan fingerprint density at radius 1 is 1.33 bits per heavy atom. The van der Waals surface area contributed by atoms with E-state index in [0.29, 0.717) is 0 Å². The molecule has 0 aromatic rings. The van der Waals surface area contributed by atoms with Gasteiger partial charge in [-0.3, -0.25) is 0 Å². The molecular weight excluding hydrogens is 127 g/mol. The maximum atomic E-state index is 2.33. The molecule has 0 spiro atoms. The standard InChI is InChI=1S/C8H17P/c1-2-8-4-3-6-9-7-5-8/h8-9H,2-7H2,1H3. The SMILES string of the molecule is CCC1CCCPCC1. The highest BCUT2D eigenvalue weighted by molar-refractivity contribution is 7.37. The van der Waals surface area contributed by atoms with Crippen LogP contribution in [0.3, 0.4) is 0 Å². The summed E-state index contributed by atoms with van der Waals surface area (Å²) in [6.45, 7) is 2.33. The molecule has 9 heavy (non-hydrogen) atoms. The molecule has 0 bridgehead atoms. The lowest BCUT2D eigenvalue weighted by Crippen LogP contribution is -1.96. The molecule has 0 nitrogen and oxygen atoms in total. The van der Waals surface area contributed by atoms with Gasteiger partial charge in [-0.25, -0.2) is 0 Å². The monoisotopic (exact) mass is 144 g/mol. The molecule has 1 aliphatic heterocycles. The molecular formula is C8H17P. The Bertz CT molecular complexity index is 63.0. The smallest absolute Gasteiger partial charge is 0.0351 e. The highest BCUT2D eigenvalue weighted by Gasteiger charge is 2.08. The highest BCUT2D eigenvalue weighted by Crippen LogP contribution is 2.27. The van der Waals surface area contributed by atoms with E-state index in [-0.39, 0.29) is 0 Å². The second-order valence-electron chi connectivity index (χ2n) is 2.96. The van der Waals surface area contributed by atoms with Crippen LogP contribution in [0, 0.1) is 5.92 Å². The van der Waals surface area contributed by atoms with Crippen molar-refractivity contribution in [2.45, 2.75) is 32.6 Å². The zero-order chi connectivity index (χ0) is 6.53. The average Bonchev–Trinajstić information content (AvgIpc) is 2.13. The molecule has 1 rings (SSSR count). The summed E-state index contributed by atoms with van der Waals surface area (Å²) >= 11 is 0. The van der Waals surface area contributed by atoms with E-state index < -0.39 is 0 Å². The fraction of sp³-hybridized carbons (Fsp3) is 1.00. The molecule has 1 saturated heterocycles. The van der Waals surface area contributed by atoms with Crippen molar-refractivity contribution in [3.8, 4) is 0 Å². The minimum absolute atomic E-state index is 1.08. The van der Waals surface area contributed by atoms with Gasteiger partial charge in [0.1, 0.15) is 0 Å². The van der Waals surface area contributed by atoms with E-state index in [1.54, 1.807) is 0 Å². The summed E-state index contributed by atoms with van der Waals surface area (Å²) < 4.78 is 0. The Kier molecular flexibility index (Phi) is 3.58. The van der Waals surface area contributed by atoms with Crippen LogP contribution in [0.25, 0.3) is 0 Å². The Hall–Kier alpha value is 0.430. The van der Waals surface area contributed by atoms with E-state index in [0.717, 1.165) is 5.92 Å². The largest absolute Gasteiger partial charge is 0.122 e. The molecule has 0 amide bonds. The minimum atomic E-state index is 1.08. The van der Waals surface area contributed by atoms with Crippen LogP contribution in [-0.2, 0) is 0 Å². The van der Waals surface area contributed by atoms with Crippen molar-refractivity contribution in [3.63, 3.8) is 0 Å². The molecule has 0 N–H and O–H groups in total. The van der Waals surface area contributed by atoms with Crippen LogP contribution in [-0.4, -0.2) is 12.3 Å². The van der Waals surface area contributed by atoms with Gasteiger partial charge in [-0.15, -0.1) is 8.58 Å². The van der Waals surface area contributed by atoms with Crippen molar-refractivity contribution in [2.75, 3.05) is 12.3 Å². The van der Waals surface area contributed by atoms with Gasteiger partial charge in [-0.05, 0) is 31.1 Å². The molecule has 1 aliphatic rings. The molecule has 1 fully saturated rings. The zero-order valence-corrected chi connectivity index (χ0v) is 7.32. The molecule has 2 atom stereocenters. The van der Waals surface area contributed by atoms with Crippen LogP contribution >= 0.6 is 8.58 Å². The third-order valence-electron chi connectivity index (χ3n) is 2.27. The summed E-state index contributed by atoms with van der Waals surface area (Å²) in [6, 6.07) is 0. The van der Waals surface area contributed by atoms with Gasteiger partial charge in [-0.1, -0.05) is 19.8 Å². The van der Waals surface area contributed by atoms with E-state index in [1.807, 2.05) is 0 Å². The van der Waals surface area contributed by atoms with Gasteiger partial charge >= 0.3 is 0 Å². The second-order valence-corrected chi connectivity index (χ2v) is 4.46. The molecule has 1 heterocycles. The van der Waals surface area contributed by atoms with Crippen molar-refractivity contribution in [1.82, 2.24) is 0 Å². The van der Waals surface area contributed by atoms with Crippen LogP contribution < -0.4 is 0 Å². The Morgan fingerprint density at radius 3 is 3.00 bits per heavy atom. The molecule has 0 saturated carbocycles. The van der Waals surface area contributed by atoms with E-state index >= 15 is 0 Å². The zero-order valence-electron chi connectivity index (χ0n) is 6.32. The first-order chi connectivity index (χ1) is 4.43. The fourth-order valence-electron chi connectivity index (χ4n) is 1.50. The second kappa shape index (κ2) is 4.28. The summed E-state index contributed by atoms with van der Waals surface area (Å²) in [5.41, 5.74) is 0. The quantitative estimate of drug-likeness (QED) is 0.496. The topological polar surface area (TPSA) is 0 Å². The van der Waals surface area contributed by atoms with Gasteiger partial charge in [0.25, 0.3) is 0 Å². The first-order valence-electron chi connectivity index (χ1n) is 4.14. The summed E-state index contributed by atoms with van der Waals surface area (Å²) in [4.78, 5) is 0. The van der Waals surface area contributed by atoms with Crippen molar-refractivity contribution >= 4 is 8.58 Å². The van der Waals surface area contributed by atoms with Crippen LogP contribution in [0.15, 0.2) is 0 Å². The average molecular weight is 144 g/mol. The van der Waals surface area contributed by atoms with Gasteiger partial charge in [0.15, 0.2) is 0 Å². The number of rotatable bonds is 1. The van der Waals surface area contributed by atoms with Gasteiger partial charge in [0, 0.05) is 0 Å². The van der Waals surface area contributed by atoms with Crippen molar-refractivity contribution in [1.29, 1.82) is 0 Å². The van der Waals surface area contributed by atoms with Gasteiger partial charge in [-0.2, -0.15) is 0 Å². The van der Waals surface area contributed by atoms with E-state index in [2.05, 4.69) is 6.92 Å². The Morgan fingerprint density at radius 2 is 2.22 bits per heavy atom. The van der Waals surface area contributed by atoms with Gasteiger partial charge in [0.2, 0.25) is 0 Å². The molecule has 1 heteroatoms. The molecule has 0 radical (unpaired) electrons. The maximum absolute atomic E-state index is 2.33. The molecule has 0 aliphatic carbocycles. The molecule has 0 aromatic heterocycles. The summed E-state index contributed by atoms with van der Waals surface area (Å²) in [7, 11) is 1.28. The molecule has 0 aromatic carbocycles. The number of hydrogen-bond donors (Lipinski definition) is 0.